The monoisotopic (exact) mass is 530 g/mol. The lowest BCUT2D eigenvalue weighted by Gasteiger charge is -2.32. The quantitative estimate of drug-likeness (QED) is 0.326. The summed E-state index contributed by atoms with van der Waals surface area (Å²) in [4.78, 5) is 17.2. The first-order valence-electron chi connectivity index (χ1n) is 9.89. The molecule has 2 aromatic rings. The third-order valence-electron chi connectivity index (χ3n) is 4.44. The number of nitrogens with one attached hydrogen (secondary N) is 2. The first-order valence-corrected chi connectivity index (χ1v) is 10.7. The van der Waals surface area contributed by atoms with Crippen LogP contribution in [0.5, 0.6) is 0 Å². The van der Waals surface area contributed by atoms with Gasteiger partial charge in [0, 0.05) is 49.9 Å². The summed E-state index contributed by atoms with van der Waals surface area (Å²) in [5.41, 5.74) is 1.10. The number of aryl methyl sites for hydroxylation is 1. The van der Waals surface area contributed by atoms with Crippen LogP contribution in [0.4, 0.5) is 5.82 Å². The van der Waals surface area contributed by atoms with Gasteiger partial charge in [-0.3, -0.25) is 0 Å². The summed E-state index contributed by atoms with van der Waals surface area (Å²) in [6, 6.07) is 4.18. The molecule has 0 radical (unpaired) electrons. The van der Waals surface area contributed by atoms with E-state index in [0.717, 1.165) is 61.6 Å². The van der Waals surface area contributed by atoms with E-state index >= 15 is 0 Å². The second-order valence-electron chi connectivity index (χ2n) is 6.89. The average molecular weight is 530 g/mol. The van der Waals surface area contributed by atoms with E-state index in [1.807, 2.05) is 12.4 Å². The summed E-state index contributed by atoms with van der Waals surface area (Å²) >= 11 is 1.74. The fourth-order valence-electron chi connectivity index (χ4n) is 3.04. The lowest BCUT2D eigenvalue weighted by molar-refractivity contribution is 0.0529. The van der Waals surface area contributed by atoms with Gasteiger partial charge in [-0.25, -0.2) is 15.0 Å². The molecule has 2 N–H and O–H groups in total. The molecule has 3 rings (SSSR count). The SMILES string of the molecule is CCNC(=NCc1ccc(N2CCOC(C)C2)nc1)NCCc1ncc(C)s1.I. The van der Waals surface area contributed by atoms with Crippen molar-refractivity contribution in [1.29, 1.82) is 0 Å². The third-order valence-corrected chi connectivity index (χ3v) is 5.41. The van der Waals surface area contributed by atoms with Crippen LogP contribution in [0.3, 0.4) is 0 Å². The molecule has 1 fully saturated rings. The summed E-state index contributed by atoms with van der Waals surface area (Å²) < 4.78 is 5.60. The van der Waals surface area contributed by atoms with Gasteiger partial charge in [0.2, 0.25) is 0 Å². The second kappa shape index (κ2) is 12.3. The maximum atomic E-state index is 5.60. The first-order chi connectivity index (χ1) is 13.6. The van der Waals surface area contributed by atoms with Crippen molar-refractivity contribution < 1.29 is 4.74 Å². The van der Waals surface area contributed by atoms with Crippen LogP contribution in [0.25, 0.3) is 0 Å². The van der Waals surface area contributed by atoms with E-state index in [-0.39, 0.29) is 30.1 Å². The Bertz CT molecular complexity index is 767. The Balaban J connectivity index is 0.00000300. The van der Waals surface area contributed by atoms with Crippen molar-refractivity contribution in [3.05, 3.63) is 40.0 Å². The molecule has 0 amide bonds. The molecule has 3 heterocycles. The molecular weight excluding hydrogens is 499 g/mol. The first kappa shape index (κ1) is 23.8. The number of guanidine groups is 1. The van der Waals surface area contributed by atoms with Crippen LogP contribution in [0.15, 0.2) is 29.5 Å². The van der Waals surface area contributed by atoms with Crippen molar-refractivity contribution in [2.24, 2.45) is 4.99 Å². The van der Waals surface area contributed by atoms with Crippen LogP contribution >= 0.6 is 35.3 Å². The van der Waals surface area contributed by atoms with Crippen molar-refractivity contribution in [2.45, 2.75) is 39.8 Å². The third kappa shape index (κ3) is 7.71. The molecule has 9 heteroatoms. The number of pyridine rings is 1. The van der Waals surface area contributed by atoms with E-state index in [1.165, 1.54) is 4.88 Å². The molecule has 0 spiro atoms. The van der Waals surface area contributed by atoms with Gasteiger partial charge in [0.05, 0.1) is 24.3 Å². The number of halogens is 1. The Morgan fingerprint density at radius 3 is 2.83 bits per heavy atom. The normalized spacial score (nSPS) is 17.0. The van der Waals surface area contributed by atoms with Gasteiger partial charge in [-0.05, 0) is 32.4 Å². The summed E-state index contributed by atoms with van der Waals surface area (Å²) in [6.45, 7) is 11.0. The lowest BCUT2D eigenvalue weighted by atomic mass is 10.2. The molecule has 1 saturated heterocycles. The molecule has 7 nitrogen and oxygen atoms in total. The summed E-state index contributed by atoms with van der Waals surface area (Å²) in [5, 5.41) is 7.82. The number of rotatable bonds is 7. The molecule has 0 saturated carbocycles. The van der Waals surface area contributed by atoms with Crippen molar-refractivity contribution in [3.8, 4) is 0 Å². The maximum absolute atomic E-state index is 5.60. The fraction of sp³-hybridized carbons (Fsp3) is 0.550. The number of morpholine rings is 1. The van der Waals surface area contributed by atoms with Gasteiger partial charge in [-0.1, -0.05) is 6.07 Å². The Kier molecular flexibility index (Phi) is 10.1. The maximum Gasteiger partial charge on any atom is 0.191 e. The number of ether oxygens (including phenoxy) is 1. The van der Waals surface area contributed by atoms with Crippen molar-refractivity contribution in [2.75, 3.05) is 37.7 Å². The molecular formula is C20H31IN6OS. The van der Waals surface area contributed by atoms with Gasteiger partial charge in [0.1, 0.15) is 5.82 Å². The molecule has 0 aromatic carbocycles. The number of hydrogen-bond acceptors (Lipinski definition) is 6. The largest absolute Gasteiger partial charge is 0.375 e. The van der Waals surface area contributed by atoms with E-state index in [9.17, 15) is 0 Å². The highest BCUT2D eigenvalue weighted by molar-refractivity contribution is 14.0. The predicted molar refractivity (Wildman–Crippen MR) is 131 cm³/mol. The van der Waals surface area contributed by atoms with Crippen LogP contribution in [0.2, 0.25) is 0 Å². The molecule has 1 unspecified atom stereocenters. The highest BCUT2D eigenvalue weighted by Gasteiger charge is 2.17. The molecule has 1 aliphatic rings. The fourth-order valence-corrected chi connectivity index (χ4v) is 3.83. The molecule has 1 aliphatic heterocycles. The molecule has 0 bridgehead atoms. The minimum Gasteiger partial charge on any atom is -0.375 e. The predicted octanol–water partition coefficient (Wildman–Crippen LogP) is 2.99. The van der Waals surface area contributed by atoms with Gasteiger partial charge < -0.3 is 20.3 Å². The zero-order chi connectivity index (χ0) is 19.8. The molecule has 29 heavy (non-hydrogen) atoms. The van der Waals surface area contributed by atoms with Gasteiger partial charge in [0.15, 0.2) is 5.96 Å². The van der Waals surface area contributed by atoms with Crippen molar-refractivity contribution in [1.82, 2.24) is 20.6 Å². The smallest absolute Gasteiger partial charge is 0.191 e. The Morgan fingerprint density at radius 2 is 2.17 bits per heavy atom. The van der Waals surface area contributed by atoms with E-state index in [1.54, 1.807) is 11.3 Å². The van der Waals surface area contributed by atoms with Crippen LogP contribution in [0, 0.1) is 6.92 Å². The molecule has 160 valence electrons. The molecule has 2 aromatic heterocycles. The van der Waals surface area contributed by atoms with Crippen LogP contribution in [-0.4, -0.2) is 54.8 Å². The minimum absolute atomic E-state index is 0. The summed E-state index contributed by atoms with van der Waals surface area (Å²) in [5.74, 6) is 1.83. The minimum atomic E-state index is 0. The number of thiazole rings is 1. The highest BCUT2D eigenvalue weighted by atomic mass is 127. The molecule has 1 atom stereocenters. The Hall–Kier alpha value is -1.46. The van der Waals surface area contributed by atoms with Crippen LogP contribution in [-0.2, 0) is 17.7 Å². The zero-order valence-electron chi connectivity index (χ0n) is 17.4. The van der Waals surface area contributed by atoms with E-state index in [0.29, 0.717) is 6.54 Å². The number of hydrogen-bond donors (Lipinski definition) is 2. The standard InChI is InChI=1S/C20H30N6OS.HI/c1-4-21-20(22-8-7-19-24-11-16(3)28-19)25-13-17-5-6-18(23-12-17)26-9-10-27-15(2)14-26;/h5-6,11-12,15H,4,7-10,13-14H2,1-3H3,(H2,21,22,25);1H. The lowest BCUT2D eigenvalue weighted by Crippen LogP contribution is -2.41. The van der Waals surface area contributed by atoms with Gasteiger partial charge in [-0.2, -0.15) is 0 Å². The van der Waals surface area contributed by atoms with E-state index < -0.39 is 0 Å². The van der Waals surface area contributed by atoms with Gasteiger partial charge in [0.25, 0.3) is 0 Å². The van der Waals surface area contributed by atoms with Crippen molar-refractivity contribution in [3.63, 3.8) is 0 Å². The topological polar surface area (TPSA) is 74.7 Å². The van der Waals surface area contributed by atoms with E-state index in [2.05, 4.69) is 63.4 Å². The average Bonchev–Trinajstić information content (AvgIpc) is 3.11. The number of aliphatic imine (C=N–C) groups is 1. The Morgan fingerprint density at radius 1 is 1.31 bits per heavy atom. The van der Waals surface area contributed by atoms with Crippen LogP contribution < -0.4 is 15.5 Å². The van der Waals surface area contributed by atoms with Gasteiger partial charge >= 0.3 is 0 Å². The van der Waals surface area contributed by atoms with Crippen LogP contribution in [0.1, 0.15) is 29.3 Å². The number of nitrogens with zero attached hydrogens (tertiary/aromatic N) is 4. The molecule has 0 aliphatic carbocycles. The van der Waals surface area contributed by atoms with E-state index in [4.69, 9.17) is 4.74 Å². The van der Waals surface area contributed by atoms with Crippen molar-refractivity contribution >= 4 is 47.1 Å². The highest BCUT2D eigenvalue weighted by Crippen LogP contribution is 2.16. The Labute approximate surface area is 194 Å². The van der Waals surface area contributed by atoms with Gasteiger partial charge in [-0.15, -0.1) is 35.3 Å². The summed E-state index contributed by atoms with van der Waals surface area (Å²) in [7, 11) is 0. The zero-order valence-corrected chi connectivity index (χ0v) is 20.5. The number of aromatic nitrogens is 2. The summed E-state index contributed by atoms with van der Waals surface area (Å²) in [6.07, 6.45) is 4.99. The second-order valence-corrected chi connectivity index (χ2v) is 8.21. The number of anilines is 1.